The molecule has 2 fully saturated rings. The first-order valence-corrected chi connectivity index (χ1v) is 11.2. The molecule has 0 aromatic heterocycles. The molecule has 1 atom stereocenters. The number of likely N-dealkylation sites (N-methyl/N-ethyl adjacent to an activating group) is 1. The lowest BCUT2D eigenvalue weighted by Gasteiger charge is -2.35. The second-order valence-corrected chi connectivity index (χ2v) is 8.93. The van der Waals surface area contributed by atoms with Gasteiger partial charge < -0.3 is 25.3 Å². The second kappa shape index (κ2) is 10.4. The highest BCUT2D eigenvalue weighted by atomic mass is 35.5. The number of hydrogen-bond donors (Lipinski definition) is 2. The van der Waals surface area contributed by atoms with Crippen molar-refractivity contribution in [2.24, 2.45) is 10.9 Å². The number of hydrogen-bond acceptors (Lipinski definition) is 4. The summed E-state index contributed by atoms with van der Waals surface area (Å²) < 4.78 is 0. The first-order valence-electron chi connectivity index (χ1n) is 10.9. The number of halogens is 1. The zero-order chi connectivity index (χ0) is 21.7. The van der Waals surface area contributed by atoms with Crippen molar-refractivity contribution in [3.8, 4) is 0 Å². The van der Waals surface area contributed by atoms with E-state index in [1.165, 1.54) is 5.69 Å². The van der Waals surface area contributed by atoms with Crippen LogP contribution in [0.25, 0.3) is 0 Å². The number of amides is 1. The Balaban J connectivity index is 1.60. The Morgan fingerprint density at radius 2 is 1.97 bits per heavy atom. The third-order valence-corrected chi connectivity index (χ3v) is 6.28. The predicted molar refractivity (Wildman–Crippen MR) is 124 cm³/mol. The number of nitrogens with zero attached hydrogens (tertiary/aromatic N) is 4. The number of carbonyl (C=O) groups excluding carboxylic acids is 1. The molecule has 0 aliphatic carbocycles. The monoisotopic (exact) mass is 434 g/mol. The minimum Gasteiger partial charge on any atom is -0.369 e. The molecule has 1 aromatic rings. The molecule has 0 radical (unpaired) electrons. The number of piperazine rings is 1. The number of nitrogens with one attached hydrogen (secondary N) is 2. The van der Waals surface area contributed by atoms with Gasteiger partial charge in [-0.2, -0.15) is 0 Å². The van der Waals surface area contributed by atoms with Crippen LogP contribution in [0.15, 0.2) is 23.2 Å². The van der Waals surface area contributed by atoms with Crippen LogP contribution in [0.3, 0.4) is 0 Å². The Morgan fingerprint density at radius 1 is 1.23 bits per heavy atom. The van der Waals surface area contributed by atoms with Crippen LogP contribution in [0, 0.1) is 5.92 Å². The van der Waals surface area contributed by atoms with Gasteiger partial charge in [0.15, 0.2) is 5.96 Å². The number of aliphatic imine (C=N–C) groups is 1. The normalized spacial score (nSPS) is 20.7. The zero-order valence-corrected chi connectivity index (χ0v) is 19.4. The highest BCUT2D eigenvalue weighted by Gasteiger charge is 2.28. The van der Waals surface area contributed by atoms with E-state index in [2.05, 4.69) is 38.5 Å². The SMILES string of the molecule is CN=C(NCc1c(Cl)cccc1N1CCN(C)CC1)NC1CCN(C(=O)C(C)C)C1. The summed E-state index contributed by atoms with van der Waals surface area (Å²) in [4.78, 5) is 23.3. The Morgan fingerprint density at radius 3 is 2.63 bits per heavy atom. The molecule has 8 heteroatoms. The first-order chi connectivity index (χ1) is 14.4. The summed E-state index contributed by atoms with van der Waals surface area (Å²) >= 11 is 6.58. The lowest BCUT2D eigenvalue weighted by atomic mass is 10.1. The molecule has 0 spiro atoms. The summed E-state index contributed by atoms with van der Waals surface area (Å²) in [7, 11) is 3.93. The summed E-state index contributed by atoms with van der Waals surface area (Å²) in [6, 6.07) is 6.32. The molecule has 2 aliphatic rings. The highest BCUT2D eigenvalue weighted by molar-refractivity contribution is 6.31. The molecule has 2 aliphatic heterocycles. The zero-order valence-electron chi connectivity index (χ0n) is 18.6. The number of rotatable bonds is 5. The Kier molecular flexibility index (Phi) is 7.83. The van der Waals surface area contributed by atoms with Crippen LogP contribution in [-0.4, -0.2) is 81.1 Å². The molecule has 2 saturated heterocycles. The average Bonchev–Trinajstić information content (AvgIpc) is 3.20. The molecule has 1 aromatic carbocycles. The molecule has 30 heavy (non-hydrogen) atoms. The number of guanidine groups is 1. The fourth-order valence-electron chi connectivity index (χ4n) is 4.07. The van der Waals surface area contributed by atoms with Crippen LogP contribution >= 0.6 is 11.6 Å². The summed E-state index contributed by atoms with van der Waals surface area (Å²) in [6.07, 6.45) is 0.928. The van der Waals surface area contributed by atoms with Gasteiger partial charge in [-0.25, -0.2) is 0 Å². The average molecular weight is 435 g/mol. The molecule has 2 heterocycles. The van der Waals surface area contributed by atoms with Crippen molar-refractivity contribution in [1.29, 1.82) is 0 Å². The molecule has 1 amide bonds. The van der Waals surface area contributed by atoms with Gasteiger partial charge in [-0.3, -0.25) is 9.79 Å². The summed E-state index contributed by atoms with van der Waals surface area (Å²) in [6.45, 7) is 10.1. The van der Waals surface area contributed by atoms with Crippen molar-refractivity contribution in [3.63, 3.8) is 0 Å². The van der Waals surface area contributed by atoms with Gasteiger partial charge in [0.2, 0.25) is 5.91 Å². The van der Waals surface area contributed by atoms with Gasteiger partial charge in [-0.15, -0.1) is 0 Å². The molecule has 7 nitrogen and oxygen atoms in total. The maximum atomic E-state index is 12.2. The van der Waals surface area contributed by atoms with E-state index in [9.17, 15) is 4.79 Å². The number of anilines is 1. The lowest BCUT2D eigenvalue weighted by molar-refractivity contribution is -0.133. The second-order valence-electron chi connectivity index (χ2n) is 8.52. The number of carbonyl (C=O) groups is 1. The van der Waals surface area contributed by atoms with Gasteiger partial charge in [0.25, 0.3) is 0 Å². The smallest absolute Gasteiger partial charge is 0.225 e. The van der Waals surface area contributed by atoms with Crippen LogP contribution < -0.4 is 15.5 Å². The summed E-state index contributed by atoms with van der Waals surface area (Å²) in [5.74, 6) is 0.993. The Hall–Kier alpha value is -1.99. The van der Waals surface area contributed by atoms with E-state index >= 15 is 0 Å². The van der Waals surface area contributed by atoms with E-state index in [0.717, 1.165) is 62.2 Å². The van der Waals surface area contributed by atoms with Crippen molar-refractivity contribution in [2.75, 3.05) is 58.3 Å². The quantitative estimate of drug-likeness (QED) is 0.548. The van der Waals surface area contributed by atoms with Gasteiger partial charge in [-0.1, -0.05) is 31.5 Å². The molecule has 3 rings (SSSR count). The molecule has 0 saturated carbocycles. The summed E-state index contributed by atoms with van der Waals surface area (Å²) in [5.41, 5.74) is 2.28. The van der Waals surface area contributed by atoms with Gasteiger partial charge in [0.05, 0.1) is 0 Å². The minimum atomic E-state index is 0.0365. The highest BCUT2D eigenvalue weighted by Crippen LogP contribution is 2.28. The van der Waals surface area contributed by atoms with Crippen LogP contribution in [0.5, 0.6) is 0 Å². The van der Waals surface area contributed by atoms with Crippen LogP contribution in [0.4, 0.5) is 5.69 Å². The maximum Gasteiger partial charge on any atom is 0.225 e. The van der Waals surface area contributed by atoms with E-state index < -0.39 is 0 Å². The Labute approximate surface area is 185 Å². The third-order valence-electron chi connectivity index (χ3n) is 5.93. The Bertz CT molecular complexity index is 760. The molecule has 2 N–H and O–H groups in total. The van der Waals surface area contributed by atoms with Gasteiger partial charge >= 0.3 is 0 Å². The van der Waals surface area contributed by atoms with Gasteiger partial charge in [0, 0.05) is 81.1 Å². The largest absolute Gasteiger partial charge is 0.369 e. The van der Waals surface area contributed by atoms with E-state index in [1.807, 2.05) is 30.9 Å². The maximum absolute atomic E-state index is 12.2. The van der Waals surface area contributed by atoms with E-state index in [-0.39, 0.29) is 17.9 Å². The molecule has 0 bridgehead atoms. The third kappa shape index (κ3) is 5.58. The fraction of sp³-hybridized carbons (Fsp3) is 0.636. The van der Waals surface area contributed by atoms with Crippen LogP contribution in [-0.2, 0) is 11.3 Å². The van der Waals surface area contributed by atoms with Crippen molar-refractivity contribution in [3.05, 3.63) is 28.8 Å². The molecular formula is C22H35ClN6O. The van der Waals surface area contributed by atoms with E-state index in [1.54, 1.807) is 7.05 Å². The predicted octanol–water partition coefficient (Wildman–Crippen LogP) is 2.01. The lowest BCUT2D eigenvalue weighted by Crippen LogP contribution is -2.46. The van der Waals surface area contributed by atoms with Gasteiger partial charge in [0.1, 0.15) is 0 Å². The van der Waals surface area contributed by atoms with Crippen molar-refractivity contribution >= 4 is 29.2 Å². The number of benzene rings is 1. The molecule has 166 valence electrons. The standard InChI is InChI=1S/C22H35ClN6O/c1-16(2)21(30)29-9-8-17(15-29)26-22(24-3)25-14-18-19(23)6-5-7-20(18)28-12-10-27(4)11-13-28/h5-7,16-17H,8-15H2,1-4H3,(H2,24,25,26). The van der Waals surface area contributed by atoms with Crippen molar-refractivity contribution in [2.45, 2.75) is 32.9 Å². The van der Waals surface area contributed by atoms with Gasteiger partial charge in [-0.05, 0) is 25.6 Å². The fourth-order valence-corrected chi connectivity index (χ4v) is 4.31. The molecule has 1 unspecified atom stereocenters. The van der Waals surface area contributed by atoms with Crippen LogP contribution in [0.1, 0.15) is 25.8 Å². The minimum absolute atomic E-state index is 0.0365. The van der Waals surface area contributed by atoms with E-state index in [0.29, 0.717) is 6.54 Å². The molecular weight excluding hydrogens is 400 g/mol. The van der Waals surface area contributed by atoms with E-state index in [4.69, 9.17) is 11.6 Å². The number of likely N-dealkylation sites (tertiary alicyclic amines) is 1. The first kappa shape index (κ1) is 22.7. The van der Waals surface area contributed by atoms with Crippen molar-refractivity contribution < 1.29 is 4.79 Å². The van der Waals surface area contributed by atoms with Crippen LogP contribution in [0.2, 0.25) is 5.02 Å². The summed E-state index contributed by atoms with van der Waals surface area (Å²) in [5, 5.41) is 7.66. The topological polar surface area (TPSA) is 63.2 Å². The van der Waals surface area contributed by atoms with Crippen molar-refractivity contribution in [1.82, 2.24) is 20.4 Å².